The van der Waals surface area contributed by atoms with Crippen LogP contribution in [0.3, 0.4) is 0 Å². The van der Waals surface area contributed by atoms with E-state index in [1.165, 1.54) is 0 Å². The Morgan fingerprint density at radius 2 is 1.74 bits per heavy atom. The number of hydrogen-bond donors (Lipinski definition) is 0. The smallest absolute Gasteiger partial charge is 0.338 e. The van der Waals surface area contributed by atoms with E-state index in [1.54, 1.807) is 17.0 Å². The van der Waals surface area contributed by atoms with Gasteiger partial charge in [-0.25, -0.2) is 13.2 Å². The summed E-state index contributed by atoms with van der Waals surface area (Å²) in [5, 5.41) is 0. The average Bonchev–Trinajstić information content (AvgIpc) is 3.26. The van der Waals surface area contributed by atoms with Gasteiger partial charge in [0.05, 0.1) is 17.1 Å². The second-order valence-electron chi connectivity index (χ2n) is 8.19. The van der Waals surface area contributed by atoms with Gasteiger partial charge in [0, 0.05) is 29.2 Å². The van der Waals surface area contributed by atoms with Crippen molar-refractivity contribution >= 4 is 21.7 Å². The predicted molar refractivity (Wildman–Crippen MR) is 119 cm³/mol. The van der Waals surface area contributed by atoms with Gasteiger partial charge in [0.1, 0.15) is 0 Å². The van der Waals surface area contributed by atoms with Gasteiger partial charge in [-0.2, -0.15) is 0 Å². The highest BCUT2D eigenvalue weighted by atomic mass is 32.2. The van der Waals surface area contributed by atoms with Gasteiger partial charge in [-0.15, -0.1) is 0 Å². The summed E-state index contributed by atoms with van der Waals surface area (Å²) in [7, 11) is -3.12. The fraction of sp³-hybridized carbons (Fsp3) is 0.478. The van der Waals surface area contributed by atoms with Crippen molar-refractivity contribution in [1.29, 1.82) is 0 Å². The molecule has 1 aromatic carbocycles. The van der Waals surface area contributed by atoms with E-state index in [-0.39, 0.29) is 29.5 Å². The van der Waals surface area contributed by atoms with Crippen molar-refractivity contribution in [3.63, 3.8) is 0 Å². The molecule has 0 aliphatic carbocycles. The van der Waals surface area contributed by atoms with Gasteiger partial charge in [0.15, 0.2) is 16.4 Å². The third-order valence-electron chi connectivity index (χ3n) is 5.91. The summed E-state index contributed by atoms with van der Waals surface area (Å²) in [6.45, 7) is 7.45. The minimum absolute atomic E-state index is 0.0310. The van der Waals surface area contributed by atoms with E-state index in [9.17, 15) is 18.0 Å². The first kappa shape index (κ1) is 23.1. The molecule has 2 heterocycles. The number of amides is 1. The molecule has 1 saturated heterocycles. The minimum Gasteiger partial charge on any atom is -0.452 e. The molecule has 31 heavy (non-hydrogen) atoms. The van der Waals surface area contributed by atoms with Gasteiger partial charge >= 0.3 is 5.97 Å². The van der Waals surface area contributed by atoms with Crippen molar-refractivity contribution < 1.29 is 22.7 Å². The minimum atomic E-state index is -3.12. The molecule has 7 nitrogen and oxygen atoms in total. The van der Waals surface area contributed by atoms with Crippen LogP contribution in [0.2, 0.25) is 0 Å². The number of nitrogens with zero attached hydrogens (tertiary/aromatic N) is 2. The molecule has 0 radical (unpaired) electrons. The van der Waals surface area contributed by atoms with E-state index in [4.69, 9.17) is 4.74 Å². The zero-order chi connectivity index (χ0) is 22.8. The lowest BCUT2D eigenvalue weighted by atomic mass is 10.1. The summed E-state index contributed by atoms with van der Waals surface area (Å²) >= 11 is 0. The molecule has 8 heteroatoms. The number of esters is 1. The van der Waals surface area contributed by atoms with E-state index >= 15 is 0 Å². The lowest BCUT2D eigenvalue weighted by Gasteiger charge is -2.33. The summed E-state index contributed by atoms with van der Waals surface area (Å²) < 4.78 is 31.1. The number of ether oxygens (including phenoxy) is 1. The van der Waals surface area contributed by atoms with Crippen LogP contribution in [0.4, 0.5) is 0 Å². The maximum absolute atomic E-state index is 12.8. The van der Waals surface area contributed by atoms with Crippen molar-refractivity contribution in [2.45, 2.75) is 52.6 Å². The van der Waals surface area contributed by atoms with E-state index in [0.29, 0.717) is 18.4 Å². The molecule has 1 fully saturated rings. The van der Waals surface area contributed by atoms with Crippen molar-refractivity contribution in [2.75, 3.05) is 18.1 Å². The molecular formula is C23H30N2O5S. The standard InChI is InChI=1S/C23H30N2O5S/c1-5-16(2)25(21-12-13-31(28,29)15-21)22(26)14-30-23(27)19-8-10-20(11-9-19)24-17(3)6-7-18(24)4/h6-11,16,21H,5,12-15H2,1-4H3. The number of benzene rings is 1. The third-order valence-corrected chi connectivity index (χ3v) is 7.66. The Kier molecular flexibility index (Phi) is 6.89. The quantitative estimate of drug-likeness (QED) is 0.610. The monoisotopic (exact) mass is 446 g/mol. The molecular weight excluding hydrogens is 416 g/mol. The first-order chi connectivity index (χ1) is 14.6. The second kappa shape index (κ2) is 9.26. The number of hydrogen-bond acceptors (Lipinski definition) is 5. The van der Waals surface area contributed by atoms with Crippen LogP contribution in [0.1, 0.15) is 48.4 Å². The molecule has 0 spiro atoms. The number of carbonyl (C=O) groups is 2. The molecule has 0 bridgehead atoms. The molecule has 0 N–H and O–H groups in total. The Bertz CT molecular complexity index is 1040. The third kappa shape index (κ3) is 5.18. The number of carbonyl (C=O) groups excluding carboxylic acids is 2. The Morgan fingerprint density at radius 3 is 2.26 bits per heavy atom. The van der Waals surface area contributed by atoms with Gasteiger partial charge in [0.2, 0.25) is 0 Å². The lowest BCUT2D eigenvalue weighted by molar-refractivity contribution is -0.138. The average molecular weight is 447 g/mol. The van der Waals surface area contributed by atoms with Gasteiger partial charge in [-0.05, 0) is 70.0 Å². The Morgan fingerprint density at radius 1 is 1.13 bits per heavy atom. The largest absolute Gasteiger partial charge is 0.452 e. The normalized spacial score (nSPS) is 18.5. The van der Waals surface area contributed by atoms with Gasteiger partial charge in [0.25, 0.3) is 5.91 Å². The van der Waals surface area contributed by atoms with E-state index in [1.807, 2.05) is 52.0 Å². The summed E-state index contributed by atoms with van der Waals surface area (Å²) in [5.74, 6) is -0.884. The first-order valence-electron chi connectivity index (χ1n) is 10.6. The van der Waals surface area contributed by atoms with Gasteiger partial charge in [-0.1, -0.05) is 6.92 Å². The summed E-state index contributed by atoms with van der Waals surface area (Å²) in [6.07, 6.45) is 1.11. The van der Waals surface area contributed by atoms with E-state index < -0.39 is 22.4 Å². The fourth-order valence-corrected chi connectivity index (χ4v) is 5.82. The van der Waals surface area contributed by atoms with Crippen molar-refractivity contribution in [2.24, 2.45) is 0 Å². The molecule has 2 unspecified atom stereocenters. The molecule has 2 atom stereocenters. The summed E-state index contributed by atoms with van der Waals surface area (Å²) in [5.41, 5.74) is 3.49. The lowest BCUT2D eigenvalue weighted by Crippen LogP contribution is -2.48. The van der Waals surface area contributed by atoms with Crippen LogP contribution in [0.15, 0.2) is 36.4 Å². The van der Waals surface area contributed by atoms with Crippen LogP contribution in [0, 0.1) is 13.8 Å². The second-order valence-corrected chi connectivity index (χ2v) is 10.4. The Labute approximate surface area is 183 Å². The molecule has 1 aliphatic rings. The van der Waals surface area contributed by atoms with Crippen LogP contribution in [-0.2, 0) is 19.4 Å². The number of rotatable bonds is 7. The highest BCUT2D eigenvalue weighted by Crippen LogP contribution is 2.22. The van der Waals surface area contributed by atoms with E-state index in [2.05, 4.69) is 4.57 Å². The molecule has 1 aliphatic heterocycles. The predicted octanol–water partition coefficient (Wildman–Crippen LogP) is 3.07. The highest BCUT2D eigenvalue weighted by molar-refractivity contribution is 7.91. The van der Waals surface area contributed by atoms with Crippen LogP contribution in [0.25, 0.3) is 5.69 Å². The van der Waals surface area contributed by atoms with Gasteiger partial charge < -0.3 is 14.2 Å². The zero-order valence-electron chi connectivity index (χ0n) is 18.5. The number of sulfone groups is 1. The summed E-state index contributed by atoms with van der Waals surface area (Å²) in [4.78, 5) is 26.9. The summed E-state index contributed by atoms with van der Waals surface area (Å²) in [6, 6.07) is 10.6. The highest BCUT2D eigenvalue weighted by Gasteiger charge is 2.36. The van der Waals surface area contributed by atoms with Gasteiger partial charge in [-0.3, -0.25) is 4.79 Å². The number of aryl methyl sites for hydroxylation is 2. The van der Waals surface area contributed by atoms with Crippen molar-refractivity contribution in [3.8, 4) is 5.69 Å². The van der Waals surface area contributed by atoms with Crippen LogP contribution < -0.4 is 0 Å². The van der Waals surface area contributed by atoms with Crippen LogP contribution >= 0.6 is 0 Å². The van der Waals surface area contributed by atoms with E-state index in [0.717, 1.165) is 17.1 Å². The van der Waals surface area contributed by atoms with Crippen LogP contribution in [0.5, 0.6) is 0 Å². The van der Waals surface area contributed by atoms with Crippen LogP contribution in [-0.4, -0.2) is 60.0 Å². The van der Waals surface area contributed by atoms with Crippen molar-refractivity contribution in [1.82, 2.24) is 9.47 Å². The maximum Gasteiger partial charge on any atom is 0.338 e. The Balaban J connectivity index is 1.65. The number of aromatic nitrogens is 1. The molecule has 0 saturated carbocycles. The topological polar surface area (TPSA) is 85.7 Å². The van der Waals surface area contributed by atoms with Crippen molar-refractivity contribution in [3.05, 3.63) is 53.3 Å². The molecule has 1 amide bonds. The molecule has 168 valence electrons. The molecule has 3 rings (SSSR count). The Hall–Kier alpha value is -2.61. The molecule has 2 aromatic rings. The SMILES string of the molecule is CCC(C)N(C(=O)COC(=O)c1ccc(-n2c(C)ccc2C)cc1)C1CCS(=O)(=O)C1. The molecule has 1 aromatic heterocycles. The first-order valence-corrected chi connectivity index (χ1v) is 12.4. The fourth-order valence-electron chi connectivity index (χ4n) is 4.11. The zero-order valence-corrected chi connectivity index (χ0v) is 19.3. The maximum atomic E-state index is 12.8.